The van der Waals surface area contributed by atoms with Gasteiger partial charge in [-0.15, -0.1) is 0 Å². The molecule has 4 heteroatoms. The monoisotopic (exact) mass is 279 g/mol. The van der Waals surface area contributed by atoms with Gasteiger partial charge >= 0.3 is 0 Å². The smallest absolute Gasteiger partial charge is 0.257 e. The molecule has 1 aromatic carbocycles. The Morgan fingerprint density at radius 3 is 2.67 bits per heavy atom. The maximum absolute atomic E-state index is 12.3. The molecule has 2 heterocycles. The van der Waals surface area contributed by atoms with Crippen LogP contribution in [0, 0.1) is 0 Å². The number of aromatic nitrogens is 2. The lowest BCUT2D eigenvalue weighted by Gasteiger charge is -2.08. The van der Waals surface area contributed by atoms with Crippen LogP contribution in [0.25, 0.3) is 11.0 Å². The summed E-state index contributed by atoms with van der Waals surface area (Å²) in [7, 11) is 0. The highest BCUT2D eigenvalue weighted by Gasteiger charge is 2.12. The van der Waals surface area contributed by atoms with E-state index >= 15 is 0 Å². The number of rotatable bonds is 3. The van der Waals surface area contributed by atoms with E-state index in [1.54, 1.807) is 12.4 Å². The number of H-pyrrole nitrogens is 1. The third-order valence-corrected chi connectivity index (χ3v) is 3.53. The summed E-state index contributed by atoms with van der Waals surface area (Å²) in [4.78, 5) is 19.5. The minimum Gasteiger partial charge on any atom is -0.345 e. The molecule has 0 saturated heterocycles. The van der Waals surface area contributed by atoms with E-state index in [9.17, 15) is 4.79 Å². The molecule has 1 amide bonds. The van der Waals surface area contributed by atoms with Gasteiger partial charge in [0.15, 0.2) is 0 Å². The van der Waals surface area contributed by atoms with Gasteiger partial charge in [0, 0.05) is 23.5 Å². The number of hydrogen-bond acceptors (Lipinski definition) is 2. The van der Waals surface area contributed by atoms with E-state index in [1.807, 2.05) is 36.4 Å². The predicted molar refractivity (Wildman–Crippen MR) is 84.6 cm³/mol. The first kappa shape index (κ1) is 13.4. The van der Waals surface area contributed by atoms with E-state index in [4.69, 9.17) is 0 Å². The molecule has 21 heavy (non-hydrogen) atoms. The first-order valence-electron chi connectivity index (χ1n) is 6.98. The van der Waals surface area contributed by atoms with Crippen LogP contribution in [0.15, 0.2) is 48.8 Å². The normalized spacial score (nSPS) is 11.0. The van der Waals surface area contributed by atoms with Crippen molar-refractivity contribution in [2.45, 2.75) is 19.8 Å². The number of carbonyl (C=O) groups excluding carboxylic acids is 1. The number of carbonyl (C=O) groups is 1. The zero-order chi connectivity index (χ0) is 14.8. The van der Waals surface area contributed by atoms with Crippen LogP contribution in [0.5, 0.6) is 0 Å². The van der Waals surface area contributed by atoms with E-state index < -0.39 is 0 Å². The van der Waals surface area contributed by atoms with Gasteiger partial charge in [-0.2, -0.15) is 0 Å². The second kappa shape index (κ2) is 5.40. The molecule has 4 nitrogen and oxygen atoms in total. The van der Waals surface area contributed by atoms with Crippen LogP contribution in [0.4, 0.5) is 5.69 Å². The molecule has 0 radical (unpaired) electrons. The molecule has 0 unspecified atom stereocenters. The van der Waals surface area contributed by atoms with E-state index in [2.05, 4.69) is 29.1 Å². The van der Waals surface area contributed by atoms with Gasteiger partial charge in [0.05, 0.1) is 5.56 Å². The largest absolute Gasteiger partial charge is 0.345 e. The summed E-state index contributed by atoms with van der Waals surface area (Å²) in [6.07, 6.45) is 3.39. The van der Waals surface area contributed by atoms with E-state index in [0.717, 1.165) is 16.7 Å². The fourth-order valence-electron chi connectivity index (χ4n) is 2.29. The van der Waals surface area contributed by atoms with E-state index in [0.29, 0.717) is 11.5 Å². The topological polar surface area (TPSA) is 57.8 Å². The van der Waals surface area contributed by atoms with Crippen LogP contribution >= 0.6 is 0 Å². The number of amides is 1. The minimum absolute atomic E-state index is 0.133. The summed E-state index contributed by atoms with van der Waals surface area (Å²) in [6, 6.07) is 11.6. The minimum atomic E-state index is -0.133. The average molecular weight is 279 g/mol. The number of nitrogens with zero attached hydrogens (tertiary/aromatic N) is 1. The lowest BCUT2D eigenvalue weighted by molar-refractivity contribution is 0.102. The van der Waals surface area contributed by atoms with Gasteiger partial charge in [0.25, 0.3) is 5.91 Å². The van der Waals surface area contributed by atoms with Gasteiger partial charge in [0.1, 0.15) is 5.65 Å². The highest BCUT2D eigenvalue weighted by Crippen LogP contribution is 2.20. The summed E-state index contributed by atoms with van der Waals surface area (Å²) < 4.78 is 0. The Bertz CT molecular complexity index is 772. The highest BCUT2D eigenvalue weighted by atomic mass is 16.1. The SMILES string of the molecule is CC(C)c1ccc(NC(=O)c2c[nH]c3ncccc23)cc1. The number of aromatic amines is 1. The third-order valence-electron chi connectivity index (χ3n) is 3.53. The van der Waals surface area contributed by atoms with E-state index in [1.165, 1.54) is 5.56 Å². The molecule has 0 aliphatic heterocycles. The average Bonchev–Trinajstić information content (AvgIpc) is 2.92. The first-order chi connectivity index (χ1) is 10.1. The number of benzene rings is 1. The van der Waals surface area contributed by atoms with Crippen molar-refractivity contribution in [2.24, 2.45) is 0 Å². The van der Waals surface area contributed by atoms with Crippen LogP contribution in [-0.4, -0.2) is 15.9 Å². The van der Waals surface area contributed by atoms with Crippen LogP contribution < -0.4 is 5.32 Å². The molecule has 0 bridgehead atoms. The van der Waals surface area contributed by atoms with Crippen molar-refractivity contribution in [3.8, 4) is 0 Å². The predicted octanol–water partition coefficient (Wildman–Crippen LogP) is 3.94. The number of pyridine rings is 1. The van der Waals surface area contributed by atoms with Gasteiger partial charge in [0.2, 0.25) is 0 Å². The summed E-state index contributed by atoms with van der Waals surface area (Å²) in [5, 5.41) is 3.74. The Kier molecular flexibility index (Phi) is 3.44. The van der Waals surface area contributed by atoms with Gasteiger partial charge in [-0.05, 0) is 35.7 Å². The fourth-order valence-corrected chi connectivity index (χ4v) is 2.29. The molecule has 2 N–H and O–H groups in total. The van der Waals surface area contributed by atoms with Crippen LogP contribution in [0.1, 0.15) is 35.7 Å². The lowest BCUT2D eigenvalue weighted by atomic mass is 10.0. The maximum atomic E-state index is 12.3. The van der Waals surface area contributed by atoms with Crippen molar-refractivity contribution < 1.29 is 4.79 Å². The van der Waals surface area contributed by atoms with Gasteiger partial charge in [-0.25, -0.2) is 4.98 Å². The molecule has 0 fully saturated rings. The second-order valence-electron chi connectivity index (χ2n) is 5.33. The molecule has 3 rings (SSSR count). The Morgan fingerprint density at radius 2 is 1.95 bits per heavy atom. The summed E-state index contributed by atoms with van der Waals surface area (Å²) in [5.74, 6) is 0.348. The van der Waals surface area contributed by atoms with Crippen LogP contribution in [-0.2, 0) is 0 Å². The lowest BCUT2D eigenvalue weighted by Crippen LogP contribution is -2.11. The van der Waals surface area contributed by atoms with Crippen molar-refractivity contribution in [3.05, 3.63) is 59.9 Å². The quantitative estimate of drug-likeness (QED) is 0.763. The number of nitrogens with one attached hydrogen (secondary N) is 2. The molecular weight excluding hydrogens is 262 g/mol. The Hall–Kier alpha value is -2.62. The Morgan fingerprint density at radius 1 is 1.19 bits per heavy atom. The molecular formula is C17H17N3O. The number of anilines is 1. The van der Waals surface area contributed by atoms with Crippen LogP contribution in [0.2, 0.25) is 0 Å². The number of hydrogen-bond donors (Lipinski definition) is 2. The zero-order valence-corrected chi connectivity index (χ0v) is 12.1. The highest BCUT2D eigenvalue weighted by molar-refractivity contribution is 6.12. The third kappa shape index (κ3) is 2.65. The summed E-state index contributed by atoms with van der Waals surface area (Å²) in [6.45, 7) is 4.29. The molecule has 0 spiro atoms. The molecule has 3 aromatic rings. The molecule has 0 saturated carbocycles. The first-order valence-corrected chi connectivity index (χ1v) is 6.98. The van der Waals surface area contributed by atoms with Crippen molar-refractivity contribution in [1.29, 1.82) is 0 Å². The van der Waals surface area contributed by atoms with Crippen molar-refractivity contribution in [3.63, 3.8) is 0 Å². The van der Waals surface area contributed by atoms with Gasteiger partial charge in [-0.1, -0.05) is 26.0 Å². The molecule has 0 aliphatic carbocycles. The molecule has 0 aliphatic rings. The van der Waals surface area contributed by atoms with Crippen LogP contribution in [0.3, 0.4) is 0 Å². The molecule has 0 atom stereocenters. The molecule has 106 valence electrons. The maximum Gasteiger partial charge on any atom is 0.257 e. The van der Waals surface area contributed by atoms with Crippen molar-refractivity contribution >= 4 is 22.6 Å². The van der Waals surface area contributed by atoms with Gasteiger partial charge < -0.3 is 10.3 Å². The standard InChI is InChI=1S/C17H17N3O/c1-11(2)12-5-7-13(8-6-12)20-17(21)15-10-19-16-14(15)4-3-9-18-16/h3-11H,1-2H3,(H,18,19)(H,20,21). The van der Waals surface area contributed by atoms with E-state index in [-0.39, 0.29) is 5.91 Å². The number of fused-ring (bicyclic) bond motifs is 1. The van der Waals surface area contributed by atoms with Gasteiger partial charge in [-0.3, -0.25) is 4.79 Å². The Balaban J connectivity index is 1.83. The molecule has 2 aromatic heterocycles. The summed E-state index contributed by atoms with van der Waals surface area (Å²) >= 11 is 0. The van der Waals surface area contributed by atoms with Crippen molar-refractivity contribution in [1.82, 2.24) is 9.97 Å². The fraction of sp³-hybridized carbons (Fsp3) is 0.176. The second-order valence-corrected chi connectivity index (χ2v) is 5.33. The zero-order valence-electron chi connectivity index (χ0n) is 12.1. The summed E-state index contributed by atoms with van der Waals surface area (Å²) in [5.41, 5.74) is 3.37. The Labute approximate surface area is 123 Å². The van der Waals surface area contributed by atoms with Crippen molar-refractivity contribution in [2.75, 3.05) is 5.32 Å².